The molecule has 22 heavy (non-hydrogen) atoms. The number of fused-ring (bicyclic) bond motifs is 1. The van der Waals surface area contributed by atoms with Crippen LogP contribution in [0.2, 0.25) is 0 Å². The molecule has 2 aromatic carbocycles. The zero-order valence-corrected chi connectivity index (χ0v) is 12.0. The Hall–Kier alpha value is -2.69. The Morgan fingerprint density at radius 3 is 2.68 bits per heavy atom. The molecule has 0 radical (unpaired) electrons. The highest BCUT2D eigenvalue weighted by Gasteiger charge is 2.16. The minimum absolute atomic E-state index is 0.0874. The number of hydrogen-bond acceptors (Lipinski definition) is 3. The van der Waals surface area contributed by atoms with Gasteiger partial charge in [-0.3, -0.25) is 4.79 Å². The van der Waals surface area contributed by atoms with Crippen molar-refractivity contribution in [2.75, 3.05) is 11.9 Å². The summed E-state index contributed by atoms with van der Waals surface area (Å²) in [7, 11) is 0. The van der Waals surface area contributed by atoms with Crippen molar-refractivity contribution in [3.8, 4) is 0 Å². The lowest BCUT2D eigenvalue weighted by Crippen LogP contribution is -2.26. The number of carbonyl (C=O) groups is 1. The Balaban J connectivity index is 1.55. The molecule has 0 heterocycles. The quantitative estimate of drug-likeness (QED) is 0.853. The number of anilines is 1. The van der Waals surface area contributed by atoms with Crippen LogP contribution in [0.3, 0.4) is 0 Å². The first-order valence-corrected chi connectivity index (χ1v) is 7.15. The van der Waals surface area contributed by atoms with Gasteiger partial charge < -0.3 is 5.32 Å². The third kappa shape index (κ3) is 3.31. The summed E-state index contributed by atoms with van der Waals surface area (Å²) in [6.45, 7) is 0.0874. The number of nitrogens with zero attached hydrogens (tertiary/aromatic N) is 1. The van der Waals surface area contributed by atoms with E-state index in [2.05, 4.69) is 21.9 Å². The van der Waals surface area contributed by atoms with E-state index in [4.69, 9.17) is 0 Å². The molecule has 0 unspecified atom stereocenters. The van der Waals surface area contributed by atoms with E-state index in [9.17, 15) is 9.18 Å². The van der Waals surface area contributed by atoms with Crippen molar-refractivity contribution in [1.29, 1.82) is 0 Å². The van der Waals surface area contributed by atoms with E-state index in [1.165, 1.54) is 17.7 Å². The highest BCUT2D eigenvalue weighted by Crippen LogP contribution is 2.21. The number of rotatable bonds is 4. The first kappa shape index (κ1) is 14.3. The van der Waals surface area contributed by atoms with Crippen molar-refractivity contribution in [3.63, 3.8) is 0 Å². The van der Waals surface area contributed by atoms with Gasteiger partial charge in [0.05, 0.1) is 12.3 Å². The van der Waals surface area contributed by atoms with Crippen molar-refractivity contribution in [3.05, 3.63) is 65.5 Å². The fourth-order valence-electron chi connectivity index (χ4n) is 2.44. The van der Waals surface area contributed by atoms with Gasteiger partial charge in [0.2, 0.25) is 0 Å². The van der Waals surface area contributed by atoms with Gasteiger partial charge in [-0.05, 0) is 42.7 Å². The maximum absolute atomic E-state index is 12.8. The summed E-state index contributed by atoms with van der Waals surface area (Å²) in [6, 6.07) is 13.9. The topological polar surface area (TPSA) is 53.5 Å². The third-order valence-corrected chi connectivity index (χ3v) is 3.57. The fraction of sp³-hybridized carbons (Fsp3) is 0.176. The van der Waals surface area contributed by atoms with Gasteiger partial charge in [-0.25, -0.2) is 9.82 Å². The Labute approximate surface area is 128 Å². The highest BCUT2D eigenvalue weighted by molar-refractivity contribution is 6.04. The Morgan fingerprint density at radius 1 is 1.09 bits per heavy atom. The molecule has 4 nitrogen and oxygen atoms in total. The lowest BCUT2D eigenvalue weighted by Gasteiger charge is -2.06. The van der Waals surface area contributed by atoms with E-state index in [0.29, 0.717) is 5.69 Å². The van der Waals surface area contributed by atoms with Crippen LogP contribution in [0, 0.1) is 5.82 Å². The molecule has 1 aliphatic carbocycles. The van der Waals surface area contributed by atoms with Gasteiger partial charge in [0.25, 0.3) is 5.91 Å². The van der Waals surface area contributed by atoms with E-state index in [0.717, 1.165) is 24.1 Å². The summed E-state index contributed by atoms with van der Waals surface area (Å²) >= 11 is 0. The maximum atomic E-state index is 12.8. The molecule has 3 rings (SSSR count). The SMILES string of the molecule is O=C(CNc1ccc(F)cc1)N/N=C1/CCc2ccccc21. The van der Waals surface area contributed by atoms with E-state index in [-0.39, 0.29) is 18.3 Å². The van der Waals surface area contributed by atoms with E-state index in [1.54, 1.807) is 12.1 Å². The van der Waals surface area contributed by atoms with Crippen molar-refractivity contribution >= 4 is 17.3 Å². The number of carbonyl (C=O) groups excluding carboxylic acids is 1. The molecule has 0 saturated heterocycles. The molecule has 0 aliphatic heterocycles. The smallest absolute Gasteiger partial charge is 0.259 e. The standard InChI is InChI=1S/C17H16FN3O/c18-13-6-8-14(9-7-13)19-11-17(22)21-20-16-10-5-12-3-1-2-4-15(12)16/h1-4,6-9,19H,5,10-11H2,(H,21,22)/b20-16-. The molecule has 0 saturated carbocycles. The number of amides is 1. The third-order valence-electron chi connectivity index (χ3n) is 3.57. The maximum Gasteiger partial charge on any atom is 0.259 e. The molecule has 1 amide bonds. The van der Waals surface area contributed by atoms with Gasteiger partial charge in [-0.2, -0.15) is 5.10 Å². The second-order valence-electron chi connectivity index (χ2n) is 5.11. The number of benzene rings is 2. The molecule has 5 heteroatoms. The first-order valence-electron chi connectivity index (χ1n) is 7.15. The van der Waals surface area contributed by atoms with Crippen molar-refractivity contribution in [1.82, 2.24) is 5.43 Å². The molecule has 112 valence electrons. The zero-order valence-electron chi connectivity index (χ0n) is 12.0. The van der Waals surface area contributed by atoms with Gasteiger partial charge in [0.15, 0.2) is 0 Å². The monoisotopic (exact) mass is 297 g/mol. The van der Waals surface area contributed by atoms with Crippen LogP contribution in [0.15, 0.2) is 53.6 Å². The number of hydrazone groups is 1. The molecule has 0 atom stereocenters. The van der Waals surface area contributed by atoms with Crippen LogP contribution in [0.1, 0.15) is 17.5 Å². The normalized spacial score (nSPS) is 14.7. The Bertz CT molecular complexity index is 710. The molecule has 0 fully saturated rings. The number of nitrogens with one attached hydrogen (secondary N) is 2. The molecular formula is C17H16FN3O. The van der Waals surface area contributed by atoms with Crippen LogP contribution in [-0.4, -0.2) is 18.2 Å². The second-order valence-corrected chi connectivity index (χ2v) is 5.11. The minimum atomic E-state index is -0.304. The van der Waals surface area contributed by atoms with Gasteiger partial charge in [0.1, 0.15) is 5.82 Å². The molecule has 0 aromatic heterocycles. The van der Waals surface area contributed by atoms with Crippen molar-refractivity contribution in [2.24, 2.45) is 5.10 Å². The Morgan fingerprint density at radius 2 is 1.86 bits per heavy atom. The molecule has 2 aromatic rings. The molecule has 2 N–H and O–H groups in total. The first-order chi connectivity index (χ1) is 10.7. The average Bonchev–Trinajstić information content (AvgIpc) is 2.96. The van der Waals surface area contributed by atoms with Gasteiger partial charge >= 0.3 is 0 Å². The Kier molecular flexibility index (Phi) is 4.14. The molecule has 1 aliphatic rings. The van der Waals surface area contributed by atoms with Crippen LogP contribution in [0.5, 0.6) is 0 Å². The summed E-state index contributed by atoms with van der Waals surface area (Å²) in [5.74, 6) is -0.539. The number of hydrogen-bond donors (Lipinski definition) is 2. The minimum Gasteiger partial charge on any atom is -0.376 e. The lowest BCUT2D eigenvalue weighted by molar-refractivity contribution is -0.119. The highest BCUT2D eigenvalue weighted by atomic mass is 19.1. The fourth-order valence-corrected chi connectivity index (χ4v) is 2.44. The van der Waals surface area contributed by atoms with E-state index >= 15 is 0 Å². The molecule has 0 spiro atoms. The van der Waals surface area contributed by atoms with Crippen LogP contribution in [0.4, 0.5) is 10.1 Å². The van der Waals surface area contributed by atoms with Crippen molar-refractivity contribution < 1.29 is 9.18 Å². The summed E-state index contributed by atoms with van der Waals surface area (Å²) < 4.78 is 12.8. The number of aryl methyl sites for hydroxylation is 1. The van der Waals surface area contributed by atoms with E-state index in [1.807, 2.05) is 18.2 Å². The summed E-state index contributed by atoms with van der Waals surface area (Å²) in [6.07, 6.45) is 1.80. The van der Waals surface area contributed by atoms with Crippen LogP contribution < -0.4 is 10.7 Å². The van der Waals surface area contributed by atoms with Gasteiger partial charge in [-0.1, -0.05) is 24.3 Å². The number of halogens is 1. The van der Waals surface area contributed by atoms with Crippen LogP contribution in [0.25, 0.3) is 0 Å². The summed E-state index contributed by atoms with van der Waals surface area (Å²) in [4.78, 5) is 11.8. The second kappa shape index (κ2) is 6.39. The zero-order chi connectivity index (χ0) is 15.4. The predicted octanol–water partition coefficient (Wildman–Crippen LogP) is 2.70. The van der Waals surface area contributed by atoms with E-state index < -0.39 is 0 Å². The van der Waals surface area contributed by atoms with Crippen LogP contribution in [-0.2, 0) is 11.2 Å². The lowest BCUT2D eigenvalue weighted by atomic mass is 10.1. The molecule has 0 bridgehead atoms. The van der Waals surface area contributed by atoms with Crippen molar-refractivity contribution in [2.45, 2.75) is 12.8 Å². The van der Waals surface area contributed by atoms with Gasteiger partial charge in [-0.15, -0.1) is 0 Å². The molecular weight excluding hydrogens is 281 g/mol. The van der Waals surface area contributed by atoms with Gasteiger partial charge in [0, 0.05) is 11.3 Å². The summed E-state index contributed by atoms with van der Waals surface area (Å²) in [5.41, 5.74) is 6.53. The largest absolute Gasteiger partial charge is 0.376 e. The summed E-state index contributed by atoms with van der Waals surface area (Å²) in [5, 5.41) is 7.13. The van der Waals surface area contributed by atoms with Crippen LogP contribution >= 0.6 is 0 Å². The average molecular weight is 297 g/mol. The predicted molar refractivity (Wildman–Crippen MR) is 84.3 cm³/mol.